The molecule has 0 radical (unpaired) electrons. The van der Waals surface area contributed by atoms with Crippen LogP contribution >= 0.6 is 0 Å². The number of hydrogen-bond donors (Lipinski definition) is 2. The SMILES string of the molecule is CC(C(=O)O)N(C(=O)[C@@H]1CO[C@H](CNC(=O)OCC2c3ccccc3-c3ccccc32)C1)C1CC1. The molecule has 8 heteroatoms. The number of nitrogens with one attached hydrogen (secondary N) is 1. The molecule has 1 saturated carbocycles. The molecule has 8 nitrogen and oxygen atoms in total. The first-order valence-electron chi connectivity index (χ1n) is 12.2. The van der Waals surface area contributed by atoms with Gasteiger partial charge in [0.15, 0.2) is 0 Å². The maximum atomic E-state index is 13.0. The van der Waals surface area contributed by atoms with Crippen molar-refractivity contribution in [3.8, 4) is 11.1 Å². The van der Waals surface area contributed by atoms with Gasteiger partial charge < -0.3 is 24.8 Å². The van der Waals surface area contributed by atoms with Crippen molar-refractivity contribution in [2.75, 3.05) is 19.8 Å². The molecule has 2 fully saturated rings. The van der Waals surface area contributed by atoms with Crippen LogP contribution in [0.15, 0.2) is 48.5 Å². The largest absolute Gasteiger partial charge is 0.480 e. The fourth-order valence-electron chi connectivity index (χ4n) is 5.24. The molecule has 3 aliphatic rings. The summed E-state index contributed by atoms with van der Waals surface area (Å²) in [5.41, 5.74) is 4.64. The van der Waals surface area contributed by atoms with Crippen LogP contribution in [0.5, 0.6) is 0 Å². The second-order valence-corrected chi connectivity index (χ2v) is 9.59. The lowest BCUT2D eigenvalue weighted by atomic mass is 9.98. The van der Waals surface area contributed by atoms with E-state index in [4.69, 9.17) is 9.47 Å². The molecule has 2 aliphatic carbocycles. The minimum absolute atomic E-state index is 0.00611. The van der Waals surface area contributed by atoms with E-state index in [2.05, 4.69) is 29.6 Å². The van der Waals surface area contributed by atoms with Gasteiger partial charge in [-0.05, 0) is 48.4 Å². The Morgan fingerprint density at radius 3 is 2.31 bits per heavy atom. The Hall–Kier alpha value is -3.39. The van der Waals surface area contributed by atoms with Crippen molar-refractivity contribution in [2.45, 2.75) is 50.3 Å². The topological polar surface area (TPSA) is 105 Å². The van der Waals surface area contributed by atoms with Crippen molar-refractivity contribution in [3.05, 3.63) is 59.7 Å². The van der Waals surface area contributed by atoms with Gasteiger partial charge in [0.2, 0.25) is 5.91 Å². The first-order chi connectivity index (χ1) is 16.9. The van der Waals surface area contributed by atoms with E-state index < -0.39 is 24.0 Å². The van der Waals surface area contributed by atoms with Crippen LogP contribution in [0, 0.1) is 5.92 Å². The fraction of sp³-hybridized carbons (Fsp3) is 0.444. The van der Waals surface area contributed by atoms with Crippen LogP contribution in [0.25, 0.3) is 11.1 Å². The number of nitrogens with zero attached hydrogens (tertiary/aromatic N) is 1. The standard InChI is InChI=1S/C27H30N2O6/c1-16(26(31)32)29(18-10-11-18)25(30)17-12-19(34-14-17)13-28-27(33)35-15-24-22-8-4-2-6-20(22)21-7-3-5-9-23(21)24/h2-9,16-19,24H,10-15H2,1H3,(H,28,33)(H,31,32)/t16?,17-,19-/m0/s1. The number of amides is 2. The summed E-state index contributed by atoms with van der Waals surface area (Å²) in [5, 5.41) is 12.1. The van der Waals surface area contributed by atoms with Gasteiger partial charge in [-0.15, -0.1) is 0 Å². The Kier molecular flexibility index (Phi) is 6.47. The van der Waals surface area contributed by atoms with Gasteiger partial charge >= 0.3 is 12.1 Å². The molecular formula is C27H30N2O6. The molecule has 2 amide bonds. The summed E-state index contributed by atoms with van der Waals surface area (Å²) < 4.78 is 11.3. The summed E-state index contributed by atoms with van der Waals surface area (Å²) in [6.07, 6.45) is 1.28. The van der Waals surface area contributed by atoms with Gasteiger partial charge in [-0.1, -0.05) is 48.5 Å². The van der Waals surface area contributed by atoms with E-state index in [0.29, 0.717) is 6.42 Å². The first kappa shape index (κ1) is 23.4. The van der Waals surface area contributed by atoms with E-state index in [1.165, 1.54) is 16.0 Å². The summed E-state index contributed by atoms with van der Waals surface area (Å²) in [7, 11) is 0. The monoisotopic (exact) mass is 478 g/mol. The molecule has 1 heterocycles. The number of benzene rings is 2. The predicted molar refractivity (Wildman–Crippen MR) is 128 cm³/mol. The quantitative estimate of drug-likeness (QED) is 0.603. The average Bonchev–Trinajstić information content (AvgIpc) is 3.48. The van der Waals surface area contributed by atoms with E-state index in [-0.39, 0.29) is 43.7 Å². The maximum Gasteiger partial charge on any atom is 0.407 e. The van der Waals surface area contributed by atoms with Crippen LogP contribution in [0.4, 0.5) is 4.79 Å². The second kappa shape index (κ2) is 9.70. The van der Waals surface area contributed by atoms with Crippen molar-refractivity contribution in [1.29, 1.82) is 0 Å². The van der Waals surface area contributed by atoms with E-state index in [1.807, 2.05) is 24.3 Å². The molecule has 3 atom stereocenters. The van der Waals surface area contributed by atoms with Crippen molar-refractivity contribution >= 4 is 18.0 Å². The minimum Gasteiger partial charge on any atom is -0.480 e. The number of aliphatic carboxylic acids is 1. The van der Waals surface area contributed by atoms with Crippen LogP contribution in [-0.2, 0) is 19.1 Å². The molecule has 2 aromatic carbocycles. The predicted octanol–water partition coefficient (Wildman–Crippen LogP) is 3.39. The van der Waals surface area contributed by atoms with Crippen molar-refractivity contribution in [3.63, 3.8) is 0 Å². The van der Waals surface area contributed by atoms with Crippen molar-refractivity contribution in [1.82, 2.24) is 10.2 Å². The van der Waals surface area contributed by atoms with Gasteiger partial charge in [-0.3, -0.25) is 4.79 Å². The van der Waals surface area contributed by atoms with E-state index >= 15 is 0 Å². The van der Waals surface area contributed by atoms with Crippen LogP contribution in [0.3, 0.4) is 0 Å². The molecule has 0 bridgehead atoms. The zero-order valence-electron chi connectivity index (χ0n) is 19.7. The highest BCUT2D eigenvalue weighted by Gasteiger charge is 2.43. The molecule has 2 N–H and O–H groups in total. The lowest BCUT2D eigenvalue weighted by Gasteiger charge is -2.28. The first-order valence-corrected chi connectivity index (χ1v) is 12.2. The molecule has 2 aromatic rings. The number of carboxylic acid groups (broad SMARTS) is 1. The minimum atomic E-state index is -1.00. The van der Waals surface area contributed by atoms with Gasteiger partial charge in [0.25, 0.3) is 0 Å². The molecule has 1 aliphatic heterocycles. The number of rotatable bonds is 8. The summed E-state index contributed by atoms with van der Waals surface area (Å²) in [6.45, 7) is 2.24. The molecule has 1 unspecified atom stereocenters. The Morgan fingerprint density at radius 1 is 1.09 bits per heavy atom. The number of carbonyl (C=O) groups excluding carboxylic acids is 2. The highest BCUT2D eigenvalue weighted by Crippen LogP contribution is 2.44. The second-order valence-electron chi connectivity index (χ2n) is 9.59. The number of alkyl carbamates (subject to hydrolysis) is 1. The average molecular weight is 479 g/mol. The zero-order chi connectivity index (χ0) is 24.5. The van der Waals surface area contributed by atoms with Crippen LogP contribution < -0.4 is 5.32 Å². The van der Waals surface area contributed by atoms with Gasteiger partial charge in [0, 0.05) is 18.5 Å². The molecule has 5 rings (SSSR count). The number of fused-ring (bicyclic) bond motifs is 3. The van der Waals surface area contributed by atoms with E-state index in [0.717, 1.165) is 24.0 Å². The molecular weight excluding hydrogens is 448 g/mol. The van der Waals surface area contributed by atoms with E-state index in [9.17, 15) is 19.5 Å². The van der Waals surface area contributed by atoms with Crippen LogP contribution in [0.1, 0.15) is 43.2 Å². The van der Waals surface area contributed by atoms with Gasteiger partial charge in [-0.2, -0.15) is 0 Å². The molecule has 0 aromatic heterocycles. The van der Waals surface area contributed by atoms with Crippen LogP contribution in [0.2, 0.25) is 0 Å². The summed E-state index contributed by atoms with van der Waals surface area (Å²) in [5.74, 6) is -1.59. The number of ether oxygens (including phenoxy) is 2. The zero-order valence-corrected chi connectivity index (χ0v) is 19.7. The smallest absolute Gasteiger partial charge is 0.407 e. The molecule has 184 valence electrons. The summed E-state index contributed by atoms with van der Waals surface area (Å²) in [4.78, 5) is 38.4. The third-order valence-corrected chi connectivity index (χ3v) is 7.22. The molecule has 1 saturated heterocycles. The Bertz CT molecular complexity index is 1080. The Labute approximate surface area is 204 Å². The summed E-state index contributed by atoms with van der Waals surface area (Å²) >= 11 is 0. The van der Waals surface area contributed by atoms with Crippen LogP contribution in [-0.4, -0.2) is 65.9 Å². The van der Waals surface area contributed by atoms with Gasteiger partial charge in [-0.25, -0.2) is 9.59 Å². The number of carbonyl (C=O) groups is 3. The molecule has 0 spiro atoms. The van der Waals surface area contributed by atoms with Gasteiger partial charge in [0.1, 0.15) is 12.6 Å². The van der Waals surface area contributed by atoms with E-state index in [1.54, 1.807) is 6.92 Å². The summed E-state index contributed by atoms with van der Waals surface area (Å²) in [6, 6.07) is 15.5. The van der Waals surface area contributed by atoms with Crippen molar-refractivity contribution in [2.24, 2.45) is 5.92 Å². The Morgan fingerprint density at radius 2 is 1.71 bits per heavy atom. The number of carboxylic acids is 1. The lowest BCUT2D eigenvalue weighted by Crippen LogP contribution is -2.47. The number of hydrogen-bond acceptors (Lipinski definition) is 5. The highest BCUT2D eigenvalue weighted by molar-refractivity contribution is 5.86. The molecule has 35 heavy (non-hydrogen) atoms. The third-order valence-electron chi connectivity index (χ3n) is 7.22. The van der Waals surface area contributed by atoms with Gasteiger partial charge in [0.05, 0.1) is 18.6 Å². The lowest BCUT2D eigenvalue weighted by molar-refractivity contribution is -0.151. The third kappa shape index (κ3) is 4.75. The maximum absolute atomic E-state index is 13.0. The van der Waals surface area contributed by atoms with Crippen molar-refractivity contribution < 1.29 is 29.0 Å². The highest BCUT2D eigenvalue weighted by atomic mass is 16.5. The fourth-order valence-corrected chi connectivity index (χ4v) is 5.24. The normalized spacial score (nSPS) is 21.6. The Balaban J connectivity index is 1.12.